The minimum Gasteiger partial charge on any atom is -0.359 e. The fourth-order valence-corrected chi connectivity index (χ4v) is 2.83. The van der Waals surface area contributed by atoms with Crippen LogP contribution in [0.2, 0.25) is 5.15 Å². The van der Waals surface area contributed by atoms with Crippen LogP contribution >= 0.6 is 11.6 Å². The quantitative estimate of drug-likeness (QED) is 0.530. The number of nitrogens with one attached hydrogen (secondary N) is 1. The second-order valence-corrected chi connectivity index (χ2v) is 6.21. The van der Waals surface area contributed by atoms with Gasteiger partial charge in [0.1, 0.15) is 5.82 Å². The summed E-state index contributed by atoms with van der Waals surface area (Å²) in [6.45, 7) is 1.75. The predicted octanol–water partition coefficient (Wildman–Crippen LogP) is 4.29. The van der Waals surface area contributed by atoms with E-state index in [0.29, 0.717) is 11.3 Å². The first-order valence-corrected chi connectivity index (χ1v) is 8.44. The Morgan fingerprint density at radius 2 is 1.96 bits per heavy atom. The Balaban J connectivity index is 1.72. The largest absolute Gasteiger partial charge is 0.359 e. The lowest BCUT2D eigenvalue weighted by Gasteiger charge is -2.15. The van der Waals surface area contributed by atoms with Crippen LogP contribution in [0.15, 0.2) is 48.9 Å². The summed E-state index contributed by atoms with van der Waals surface area (Å²) in [6, 6.07) is 7.91. The molecule has 0 bridgehead atoms. The number of aromatic nitrogens is 5. The van der Waals surface area contributed by atoms with Crippen LogP contribution in [-0.4, -0.2) is 24.6 Å². The molecule has 0 radical (unpaired) electrons. The molecule has 0 aliphatic carbocycles. The zero-order valence-corrected chi connectivity index (χ0v) is 14.8. The molecule has 0 saturated carbocycles. The molecule has 1 N–H and O–H groups in total. The molecular weight excluding hydrogens is 374 g/mol. The maximum Gasteiger partial charge on any atom is 0.202 e. The van der Waals surface area contributed by atoms with Crippen molar-refractivity contribution >= 4 is 22.9 Å². The molecule has 0 saturated heterocycles. The second kappa shape index (κ2) is 6.88. The van der Waals surface area contributed by atoms with Gasteiger partial charge in [-0.1, -0.05) is 17.7 Å². The number of hydrogen-bond donors (Lipinski definition) is 1. The van der Waals surface area contributed by atoms with Crippen LogP contribution in [0.4, 0.5) is 14.6 Å². The van der Waals surface area contributed by atoms with Crippen LogP contribution in [0.25, 0.3) is 16.9 Å². The minimum absolute atomic E-state index is 0.0705. The molecule has 1 unspecified atom stereocenters. The summed E-state index contributed by atoms with van der Waals surface area (Å²) >= 11 is 5.98. The third-order valence-corrected chi connectivity index (χ3v) is 4.28. The lowest BCUT2D eigenvalue weighted by molar-refractivity contribution is 0.610. The highest BCUT2D eigenvalue weighted by Crippen LogP contribution is 2.28. The van der Waals surface area contributed by atoms with E-state index in [1.807, 2.05) is 18.2 Å². The molecule has 136 valence electrons. The van der Waals surface area contributed by atoms with E-state index < -0.39 is 17.7 Å². The van der Waals surface area contributed by atoms with Gasteiger partial charge in [0.25, 0.3) is 0 Å². The average molecular weight is 387 g/mol. The van der Waals surface area contributed by atoms with Gasteiger partial charge in [0.05, 0.1) is 35.2 Å². The highest BCUT2D eigenvalue weighted by Gasteiger charge is 2.19. The van der Waals surface area contributed by atoms with Crippen molar-refractivity contribution in [3.8, 4) is 11.4 Å². The van der Waals surface area contributed by atoms with Gasteiger partial charge in [-0.2, -0.15) is 9.49 Å². The summed E-state index contributed by atoms with van der Waals surface area (Å²) in [5.41, 5.74) is 1.91. The number of fused-ring (bicyclic) bond motifs is 1. The fraction of sp³-hybridized carbons (Fsp3) is 0.111. The average Bonchev–Trinajstić information content (AvgIpc) is 3.10. The fourth-order valence-electron chi connectivity index (χ4n) is 2.67. The Hall–Kier alpha value is -3.13. The number of pyridine rings is 2. The summed E-state index contributed by atoms with van der Waals surface area (Å²) in [6.07, 6.45) is 4.47. The van der Waals surface area contributed by atoms with Crippen molar-refractivity contribution in [2.24, 2.45) is 0 Å². The molecule has 27 heavy (non-hydrogen) atoms. The second-order valence-electron chi connectivity index (χ2n) is 5.86. The summed E-state index contributed by atoms with van der Waals surface area (Å²) in [5.74, 6) is -1.05. The van der Waals surface area contributed by atoms with E-state index >= 15 is 0 Å². The van der Waals surface area contributed by atoms with Crippen LogP contribution in [-0.2, 0) is 0 Å². The SMILES string of the molecule is CC(Nc1nc(-c2cnn3ccccc23)nc(Cl)c1F)c1ccc(F)cn1. The first-order chi connectivity index (χ1) is 13.0. The van der Waals surface area contributed by atoms with Crippen LogP contribution in [0, 0.1) is 11.6 Å². The van der Waals surface area contributed by atoms with E-state index in [-0.39, 0.29) is 16.8 Å². The number of rotatable bonds is 4. The smallest absolute Gasteiger partial charge is 0.202 e. The van der Waals surface area contributed by atoms with E-state index in [2.05, 4.69) is 25.4 Å². The Morgan fingerprint density at radius 3 is 2.74 bits per heavy atom. The molecule has 1 atom stereocenters. The van der Waals surface area contributed by atoms with Gasteiger partial charge < -0.3 is 5.32 Å². The monoisotopic (exact) mass is 386 g/mol. The van der Waals surface area contributed by atoms with Crippen molar-refractivity contribution in [1.82, 2.24) is 24.6 Å². The van der Waals surface area contributed by atoms with Crippen LogP contribution in [0.3, 0.4) is 0 Å². The van der Waals surface area contributed by atoms with Crippen molar-refractivity contribution in [1.29, 1.82) is 0 Å². The van der Waals surface area contributed by atoms with Gasteiger partial charge in [-0.3, -0.25) is 4.98 Å². The first kappa shape index (κ1) is 17.3. The standard InChI is InChI=1S/C18H13ClF2N6/c1-10(13-6-5-11(20)8-22-13)24-18-15(21)16(19)25-17(26-18)12-9-23-27-7-3-2-4-14(12)27/h2-10H,1H3,(H,24,25,26). The molecule has 6 nitrogen and oxygen atoms in total. The van der Waals surface area contributed by atoms with Crippen molar-refractivity contribution < 1.29 is 8.78 Å². The highest BCUT2D eigenvalue weighted by atomic mass is 35.5. The van der Waals surface area contributed by atoms with Crippen molar-refractivity contribution in [3.63, 3.8) is 0 Å². The molecule has 0 fully saturated rings. The van der Waals surface area contributed by atoms with E-state index in [9.17, 15) is 8.78 Å². The van der Waals surface area contributed by atoms with Gasteiger partial charge in [-0.05, 0) is 31.2 Å². The summed E-state index contributed by atoms with van der Waals surface area (Å²) < 4.78 is 29.2. The third kappa shape index (κ3) is 3.31. The number of anilines is 1. The van der Waals surface area contributed by atoms with Crippen LogP contribution in [0.5, 0.6) is 0 Å². The summed E-state index contributed by atoms with van der Waals surface area (Å²) in [5, 5.41) is 6.83. The Kier molecular flexibility index (Phi) is 4.41. The molecule has 4 rings (SSSR count). The first-order valence-electron chi connectivity index (χ1n) is 8.06. The van der Waals surface area contributed by atoms with Crippen molar-refractivity contribution in [3.05, 3.63) is 71.4 Å². The highest BCUT2D eigenvalue weighted by molar-refractivity contribution is 6.29. The zero-order chi connectivity index (χ0) is 19.0. The summed E-state index contributed by atoms with van der Waals surface area (Å²) in [7, 11) is 0. The molecule has 0 aromatic carbocycles. The third-order valence-electron chi connectivity index (χ3n) is 4.03. The molecule has 4 heterocycles. The van der Waals surface area contributed by atoms with Crippen molar-refractivity contribution in [2.45, 2.75) is 13.0 Å². The maximum atomic E-state index is 14.5. The lowest BCUT2D eigenvalue weighted by Crippen LogP contribution is -2.12. The van der Waals surface area contributed by atoms with Gasteiger partial charge in [-0.15, -0.1) is 0 Å². The van der Waals surface area contributed by atoms with Gasteiger partial charge >= 0.3 is 0 Å². The van der Waals surface area contributed by atoms with Gasteiger partial charge in [0.2, 0.25) is 5.82 Å². The maximum absolute atomic E-state index is 14.5. The molecule has 0 amide bonds. The van der Waals surface area contributed by atoms with Gasteiger partial charge in [-0.25, -0.2) is 18.9 Å². The van der Waals surface area contributed by atoms with Crippen LogP contribution < -0.4 is 5.32 Å². The normalized spacial score (nSPS) is 12.3. The number of halogens is 3. The zero-order valence-electron chi connectivity index (χ0n) is 14.1. The molecule has 0 spiro atoms. The Bertz CT molecular complexity index is 1110. The molecular formula is C18H13ClF2N6. The number of nitrogens with zero attached hydrogens (tertiary/aromatic N) is 5. The van der Waals surface area contributed by atoms with Crippen LogP contribution in [0.1, 0.15) is 18.7 Å². The topological polar surface area (TPSA) is 68.0 Å². The molecule has 0 aliphatic heterocycles. The predicted molar refractivity (Wildman–Crippen MR) is 97.4 cm³/mol. The van der Waals surface area contributed by atoms with E-state index in [0.717, 1.165) is 11.7 Å². The summed E-state index contributed by atoms with van der Waals surface area (Å²) in [4.78, 5) is 12.3. The van der Waals surface area contributed by atoms with E-state index in [4.69, 9.17) is 11.6 Å². The lowest BCUT2D eigenvalue weighted by atomic mass is 10.2. The Morgan fingerprint density at radius 1 is 1.11 bits per heavy atom. The van der Waals surface area contributed by atoms with E-state index in [1.54, 1.807) is 23.8 Å². The molecule has 9 heteroatoms. The van der Waals surface area contributed by atoms with Gasteiger partial charge in [0, 0.05) is 6.20 Å². The molecule has 4 aromatic heterocycles. The molecule has 4 aromatic rings. The van der Waals surface area contributed by atoms with Gasteiger partial charge in [0.15, 0.2) is 16.8 Å². The number of hydrogen-bond acceptors (Lipinski definition) is 5. The van der Waals surface area contributed by atoms with E-state index in [1.165, 1.54) is 12.1 Å². The Labute approximate surface area is 157 Å². The minimum atomic E-state index is -0.772. The van der Waals surface area contributed by atoms with Crippen molar-refractivity contribution in [2.75, 3.05) is 5.32 Å². The molecule has 0 aliphatic rings.